The fourth-order valence-corrected chi connectivity index (χ4v) is 2.77. The Morgan fingerprint density at radius 3 is 2.68 bits per heavy atom. The minimum atomic E-state index is -1.34. The number of rotatable bonds is 4. The first kappa shape index (κ1) is 21.7. The highest BCUT2D eigenvalue weighted by molar-refractivity contribution is 6.13. The normalized spacial score (nSPS) is 10.7. The molecule has 0 fully saturated rings. The number of aromatic amines is 1. The summed E-state index contributed by atoms with van der Waals surface area (Å²) in [5, 5.41) is 11.0. The average molecular weight is 451 g/mol. The number of carbonyl (C=O) groups is 2. The molecule has 162 valence electrons. The molecule has 0 aliphatic heterocycles. The van der Waals surface area contributed by atoms with Crippen LogP contribution in [0.4, 0.5) is 0 Å². The van der Waals surface area contributed by atoms with E-state index in [1.54, 1.807) is 13.1 Å². The van der Waals surface area contributed by atoms with Gasteiger partial charge in [-0.1, -0.05) is 6.07 Å². The first-order valence-corrected chi connectivity index (χ1v) is 8.86. The number of aromatic carboxylic acids is 1. The van der Waals surface area contributed by atoms with Crippen molar-refractivity contribution in [1.29, 1.82) is 0 Å². The number of halogens is 1. The third-order valence-electron chi connectivity index (χ3n) is 4.08. The number of methoxy groups -OCH3 is 1. The van der Waals surface area contributed by atoms with Gasteiger partial charge >= 0.3 is 23.4 Å². The van der Waals surface area contributed by atoms with Gasteiger partial charge in [-0.15, -0.1) is 0 Å². The van der Waals surface area contributed by atoms with E-state index >= 15 is 0 Å². The van der Waals surface area contributed by atoms with Gasteiger partial charge in [0.1, 0.15) is 0 Å². The number of benzene rings is 1. The molecule has 0 radical (unpaired) electrons. The summed E-state index contributed by atoms with van der Waals surface area (Å²) >= 11 is 5.39. The third kappa shape index (κ3) is 4.46. The van der Waals surface area contributed by atoms with E-state index in [2.05, 4.69) is 24.6 Å². The fraction of sp³-hybridized carbons (Fsp3) is 0.176. The molecule has 0 bridgehead atoms. The Labute approximate surface area is 176 Å². The summed E-state index contributed by atoms with van der Waals surface area (Å²) in [4.78, 5) is 53.9. The minimum Gasteiger partial charge on any atom is -0.477 e. The van der Waals surface area contributed by atoms with Gasteiger partial charge in [-0.05, 0) is 29.5 Å². The first-order valence-electron chi connectivity index (χ1n) is 8.48. The van der Waals surface area contributed by atoms with E-state index in [0.29, 0.717) is 12.1 Å². The van der Waals surface area contributed by atoms with Crippen molar-refractivity contribution in [1.82, 2.24) is 29.0 Å². The zero-order valence-corrected chi connectivity index (χ0v) is 16.8. The number of hydrogen-bond acceptors (Lipinski definition) is 9. The van der Waals surface area contributed by atoms with E-state index in [1.807, 2.05) is 12.1 Å². The summed E-state index contributed by atoms with van der Waals surface area (Å²) in [6, 6.07) is 6.48. The van der Waals surface area contributed by atoms with Gasteiger partial charge in [0.15, 0.2) is 17.0 Å². The Morgan fingerprint density at radius 2 is 2.03 bits per heavy atom. The van der Waals surface area contributed by atoms with Crippen molar-refractivity contribution in [2.24, 2.45) is 7.05 Å². The number of hydrogen-bond donors (Lipinski definition) is 3. The van der Waals surface area contributed by atoms with Crippen LogP contribution in [0.2, 0.25) is 0 Å². The predicted octanol–water partition coefficient (Wildman–Crippen LogP) is 0.277. The number of oxazole rings is 1. The standard InChI is InChI=1S/C9H9ClN2O2.C8H6N4O5/c1-12-7-4-6(5-11-10)2-3-8(7)14-9(12)13;1-17-6(15)4-2-3(5(13)14)9-7-10-8(16)11-12(4)7/h2-4,11H,5H2,1H3;2H,1H3,(H,11,16)(H,13,14). The van der Waals surface area contributed by atoms with Crippen LogP contribution in [0, 0.1) is 0 Å². The van der Waals surface area contributed by atoms with Crippen molar-refractivity contribution in [3.05, 3.63) is 62.3 Å². The van der Waals surface area contributed by atoms with Crippen LogP contribution in [0.5, 0.6) is 0 Å². The highest BCUT2D eigenvalue weighted by atomic mass is 35.5. The molecule has 4 aromatic rings. The lowest BCUT2D eigenvalue weighted by Crippen LogP contribution is -2.14. The Kier molecular flexibility index (Phi) is 6.17. The fourth-order valence-electron chi connectivity index (χ4n) is 2.61. The maximum atomic E-state index is 11.4. The van der Waals surface area contributed by atoms with Crippen LogP contribution in [0.15, 0.2) is 38.3 Å². The quantitative estimate of drug-likeness (QED) is 0.289. The highest BCUT2D eigenvalue weighted by Crippen LogP contribution is 2.14. The molecule has 0 aliphatic carbocycles. The summed E-state index contributed by atoms with van der Waals surface area (Å²) in [5.74, 6) is -2.71. The number of nitrogens with zero attached hydrogens (tertiary/aromatic N) is 4. The number of esters is 1. The molecule has 1 aromatic carbocycles. The predicted molar refractivity (Wildman–Crippen MR) is 106 cm³/mol. The van der Waals surface area contributed by atoms with Gasteiger partial charge in [-0.3, -0.25) is 4.57 Å². The summed E-state index contributed by atoms with van der Waals surface area (Å²) in [5.41, 5.74) is 1.05. The number of aryl methyl sites for hydroxylation is 1. The SMILES string of the molecule is COC(=O)c1cc(C(=O)O)nc2nc(=O)[nH]n12.Cn1c(=O)oc2ccc(CNCl)cc21. The van der Waals surface area contributed by atoms with Crippen molar-refractivity contribution >= 4 is 40.6 Å². The van der Waals surface area contributed by atoms with Gasteiger partial charge in [-0.2, -0.15) is 4.98 Å². The lowest BCUT2D eigenvalue weighted by atomic mass is 10.2. The summed E-state index contributed by atoms with van der Waals surface area (Å²) in [6.45, 7) is 0.552. The van der Waals surface area contributed by atoms with Gasteiger partial charge in [0, 0.05) is 19.7 Å². The third-order valence-corrected chi connectivity index (χ3v) is 4.22. The number of fused-ring (bicyclic) bond motifs is 2. The van der Waals surface area contributed by atoms with Crippen molar-refractivity contribution in [3.8, 4) is 0 Å². The summed E-state index contributed by atoms with van der Waals surface area (Å²) < 4.78 is 11.9. The molecule has 0 amide bonds. The van der Waals surface area contributed by atoms with Gasteiger partial charge in [0.2, 0.25) is 0 Å². The molecule has 0 unspecified atom stereocenters. The van der Waals surface area contributed by atoms with Crippen LogP contribution >= 0.6 is 11.8 Å². The summed E-state index contributed by atoms with van der Waals surface area (Å²) in [7, 11) is 2.80. The second-order valence-electron chi connectivity index (χ2n) is 6.03. The van der Waals surface area contributed by atoms with Gasteiger partial charge in [0.05, 0.1) is 12.6 Å². The van der Waals surface area contributed by atoms with Gasteiger partial charge in [-0.25, -0.2) is 38.6 Å². The number of carboxylic acid groups (broad SMARTS) is 1. The van der Waals surface area contributed by atoms with Crippen LogP contribution in [0.1, 0.15) is 26.5 Å². The highest BCUT2D eigenvalue weighted by Gasteiger charge is 2.18. The Morgan fingerprint density at radius 1 is 1.29 bits per heavy atom. The van der Waals surface area contributed by atoms with Gasteiger partial charge in [0.25, 0.3) is 5.78 Å². The number of carbonyl (C=O) groups excluding carboxylic acids is 1. The first-order chi connectivity index (χ1) is 14.7. The van der Waals surface area contributed by atoms with Crippen molar-refractivity contribution in [2.75, 3.05) is 7.11 Å². The molecule has 0 atom stereocenters. The maximum Gasteiger partial charge on any atom is 0.419 e. The van der Waals surface area contributed by atoms with E-state index in [-0.39, 0.29) is 17.2 Å². The Bertz CT molecular complexity index is 1400. The van der Waals surface area contributed by atoms with E-state index in [0.717, 1.165) is 28.8 Å². The molecular formula is C17H15ClN6O7. The van der Waals surface area contributed by atoms with Gasteiger partial charge < -0.3 is 14.3 Å². The van der Waals surface area contributed by atoms with Crippen molar-refractivity contribution < 1.29 is 23.8 Å². The lowest BCUT2D eigenvalue weighted by Gasteiger charge is -2.03. The minimum absolute atomic E-state index is 0.176. The molecule has 4 rings (SSSR count). The van der Waals surface area contributed by atoms with E-state index in [4.69, 9.17) is 21.3 Å². The lowest BCUT2D eigenvalue weighted by molar-refractivity contribution is 0.0590. The Hall–Kier alpha value is -3.97. The zero-order chi connectivity index (χ0) is 22.7. The summed E-state index contributed by atoms with van der Waals surface area (Å²) in [6.07, 6.45) is 0. The monoisotopic (exact) mass is 450 g/mol. The molecule has 31 heavy (non-hydrogen) atoms. The molecule has 0 saturated carbocycles. The van der Waals surface area contributed by atoms with Crippen LogP contribution in [0.25, 0.3) is 16.9 Å². The van der Waals surface area contributed by atoms with Crippen LogP contribution in [0.3, 0.4) is 0 Å². The van der Waals surface area contributed by atoms with Crippen LogP contribution < -0.4 is 16.3 Å². The molecule has 0 saturated heterocycles. The Balaban J connectivity index is 0.000000179. The molecule has 3 N–H and O–H groups in total. The molecule has 0 spiro atoms. The average Bonchev–Trinajstić information content (AvgIpc) is 3.26. The number of aromatic nitrogens is 5. The number of H-pyrrole nitrogens is 1. The molecule has 13 nitrogen and oxygen atoms in total. The maximum absolute atomic E-state index is 11.4. The second kappa shape index (κ2) is 8.81. The van der Waals surface area contributed by atoms with Crippen molar-refractivity contribution in [3.63, 3.8) is 0 Å². The molecule has 14 heteroatoms. The van der Waals surface area contributed by atoms with E-state index in [9.17, 15) is 19.2 Å². The van der Waals surface area contributed by atoms with Crippen LogP contribution in [-0.4, -0.2) is 48.3 Å². The molecule has 3 aromatic heterocycles. The number of ether oxygens (including phenoxy) is 1. The zero-order valence-electron chi connectivity index (χ0n) is 16.1. The second-order valence-corrected chi connectivity index (χ2v) is 6.29. The molecular weight excluding hydrogens is 436 g/mol. The largest absolute Gasteiger partial charge is 0.477 e. The number of nitrogens with one attached hydrogen (secondary N) is 2. The van der Waals surface area contributed by atoms with E-state index in [1.165, 1.54) is 4.57 Å². The van der Waals surface area contributed by atoms with E-state index < -0.39 is 23.3 Å². The topological polar surface area (TPSA) is 174 Å². The molecule has 0 aliphatic rings. The number of carboxylic acids is 1. The smallest absolute Gasteiger partial charge is 0.419 e. The van der Waals surface area contributed by atoms with Crippen LogP contribution in [-0.2, 0) is 18.3 Å². The van der Waals surface area contributed by atoms with Crippen molar-refractivity contribution in [2.45, 2.75) is 6.54 Å². The molecule has 3 heterocycles.